The second-order valence-corrected chi connectivity index (χ2v) is 4.90. The van der Waals surface area contributed by atoms with Gasteiger partial charge in [-0.2, -0.15) is 0 Å². The van der Waals surface area contributed by atoms with Crippen molar-refractivity contribution in [3.63, 3.8) is 0 Å². The highest BCUT2D eigenvalue weighted by Crippen LogP contribution is 2.30. The molecule has 2 unspecified atom stereocenters. The van der Waals surface area contributed by atoms with Gasteiger partial charge in [0.2, 0.25) is 0 Å². The number of nitrogen functional groups attached to an aromatic ring is 1. The van der Waals surface area contributed by atoms with Crippen LogP contribution >= 0.6 is 11.8 Å². The molecule has 0 radical (unpaired) electrons. The zero-order valence-electron chi connectivity index (χ0n) is 9.64. The normalized spacial score (nSPS) is 14.2. The van der Waals surface area contributed by atoms with Gasteiger partial charge in [-0.3, -0.25) is 4.79 Å². The predicted octanol–water partition coefficient (Wildman–Crippen LogP) is 1.95. The van der Waals surface area contributed by atoms with Crippen LogP contribution in [0.15, 0.2) is 23.4 Å². The van der Waals surface area contributed by atoms with Crippen LogP contribution in [0.25, 0.3) is 0 Å². The molecular formula is C11H16N2O2S. The van der Waals surface area contributed by atoms with Crippen LogP contribution < -0.4 is 5.73 Å². The highest BCUT2D eigenvalue weighted by atomic mass is 32.2. The maximum absolute atomic E-state index is 11.3. The molecule has 0 aliphatic carbocycles. The third-order valence-electron chi connectivity index (χ3n) is 2.38. The van der Waals surface area contributed by atoms with Crippen molar-refractivity contribution in [2.75, 3.05) is 12.8 Å². The largest absolute Gasteiger partial charge is 0.469 e. The van der Waals surface area contributed by atoms with E-state index in [1.54, 1.807) is 18.3 Å². The fraction of sp³-hybridized carbons (Fsp3) is 0.455. The van der Waals surface area contributed by atoms with Crippen molar-refractivity contribution in [1.82, 2.24) is 4.98 Å². The molecule has 0 aliphatic rings. The Balaban J connectivity index is 2.68. The molecule has 1 rings (SSSR count). The lowest BCUT2D eigenvalue weighted by Crippen LogP contribution is -2.22. The number of thioether (sulfide) groups is 1. The van der Waals surface area contributed by atoms with Crippen molar-refractivity contribution >= 4 is 23.4 Å². The fourth-order valence-corrected chi connectivity index (χ4v) is 2.15. The first-order chi connectivity index (χ1) is 7.56. The average Bonchev–Trinajstić information content (AvgIpc) is 2.30. The second kappa shape index (κ2) is 5.75. The molecule has 88 valence electrons. The van der Waals surface area contributed by atoms with Gasteiger partial charge in [-0.25, -0.2) is 4.98 Å². The van der Waals surface area contributed by atoms with Gasteiger partial charge in [0.05, 0.1) is 18.7 Å². The van der Waals surface area contributed by atoms with E-state index in [1.807, 2.05) is 13.8 Å². The van der Waals surface area contributed by atoms with Crippen molar-refractivity contribution in [2.24, 2.45) is 5.92 Å². The summed E-state index contributed by atoms with van der Waals surface area (Å²) in [6.45, 7) is 3.79. The van der Waals surface area contributed by atoms with Gasteiger partial charge in [0, 0.05) is 11.4 Å². The average molecular weight is 240 g/mol. The molecule has 1 aromatic rings. The van der Waals surface area contributed by atoms with E-state index in [9.17, 15) is 4.79 Å². The van der Waals surface area contributed by atoms with Gasteiger partial charge < -0.3 is 10.5 Å². The number of ether oxygens (including phenoxy) is 1. The summed E-state index contributed by atoms with van der Waals surface area (Å²) in [6.07, 6.45) is 1.69. The fourth-order valence-electron chi connectivity index (χ4n) is 1.16. The topological polar surface area (TPSA) is 65.2 Å². The Bertz CT molecular complexity index is 371. The molecule has 4 nitrogen and oxygen atoms in total. The minimum absolute atomic E-state index is 0.0737. The Kier molecular flexibility index (Phi) is 4.61. The summed E-state index contributed by atoms with van der Waals surface area (Å²) in [6, 6.07) is 3.58. The molecule has 16 heavy (non-hydrogen) atoms. The van der Waals surface area contributed by atoms with E-state index in [0.29, 0.717) is 5.69 Å². The number of aromatic nitrogens is 1. The molecule has 0 saturated heterocycles. The first kappa shape index (κ1) is 12.8. The molecule has 0 fully saturated rings. The lowest BCUT2D eigenvalue weighted by Gasteiger charge is -2.17. The standard InChI is InChI=1S/C11H16N2O2S/c1-7(11(14)15-3)8(2)16-10-9(12)5-4-6-13-10/h4-8H,12H2,1-3H3. The summed E-state index contributed by atoms with van der Waals surface area (Å²) in [5.74, 6) is -0.397. The first-order valence-corrected chi connectivity index (χ1v) is 5.89. The summed E-state index contributed by atoms with van der Waals surface area (Å²) >= 11 is 1.49. The zero-order valence-corrected chi connectivity index (χ0v) is 10.5. The van der Waals surface area contributed by atoms with Crippen molar-refractivity contribution in [1.29, 1.82) is 0 Å². The molecule has 0 saturated carbocycles. The lowest BCUT2D eigenvalue weighted by atomic mass is 10.1. The summed E-state index contributed by atoms with van der Waals surface area (Å²) in [4.78, 5) is 15.5. The summed E-state index contributed by atoms with van der Waals surface area (Å²) in [7, 11) is 1.39. The maximum atomic E-state index is 11.3. The van der Waals surface area contributed by atoms with Gasteiger partial charge in [0.25, 0.3) is 0 Å². The number of carbonyl (C=O) groups is 1. The van der Waals surface area contributed by atoms with Crippen LogP contribution in [0.4, 0.5) is 5.69 Å². The smallest absolute Gasteiger partial charge is 0.309 e. The quantitative estimate of drug-likeness (QED) is 0.643. The molecule has 0 bridgehead atoms. The Morgan fingerprint density at radius 3 is 2.81 bits per heavy atom. The molecule has 0 aliphatic heterocycles. The van der Waals surface area contributed by atoms with E-state index in [-0.39, 0.29) is 17.1 Å². The van der Waals surface area contributed by atoms with Crippen molar-refractivity contribution < 1.29 is 9.53 Å². The lowest BCUT2D eigenvalue weighted by molar-refractivity contribution is -0.144. The summed E-state index contributed by atoms with van der Waals surface area (Å²) in [5, 5.41) is 0.829. The van der Waals surface area contributed by atoms with Crippen LogP contribution in [-0.2, 0) is 9.53 Å². The third-order valence-corrected chi connectivity index (χ3v) is 3.72. The van der Waals surface area contributed by atoms with Crippen LogP contribution in [0.5, 0.6) is 0 Å². The minimum atomic E-state index is -0.213. The van der Waals surface area contributed by atoms with Gasteiger partial charge in [0.15, 0.2) is 0 Å². The molecule has 5 heteroatoms. The number of methoxy groups -OCH3 is 1. The molecule has 2 N–H and O–H groups in total. The molecule has 1 heterocycles. The van der Waals surface area contributed by atoms with Crippen molar-refractivity contribution in [2.45, 2.75) is 24.1 Å². The maximum Gasteiger partial charge on any atom is 0.309 e. The van der Waals surface area contributed by atoms with Crippen LogP contribution in [0, 0.1) is 5.92 Å². The van der Waals surface area contributed by atoms with E-state index in [4.69, 9.17) is 10.5 Å². The predicted molar refractivity (Wildman–Crippen MR) is 65.1 cm³/mol. The number of rotatable bonds is 4. The second-order valence-electron chi connectivity index (χ2n) is 3.53. The van der Waals surface area contributed by atoms with Crippen LogP contribution in [0.3, 0.4) is 0 Å². The number of anilines is 1. The van der Waals surface area contributed by atoms with Gasteiger partial charge in [0.1, 0.15) is 5.03 Å². The number of pyridine rings is 1. The van der Waals surface area contributed by atoms with Gasteiger partial charge in [-0.15, -0.1) is 11.8 Å². The SMILES string of the molecule is COC(=O)C(C)C(C)Sc1ncccc1N. The van der Waals surface area contributed by atoms with E-state index in [1.165, 1.54) is 18.9 Å². The number of esters is 1. The number of hydrogen-bond acceptors (Lipinski definition) is 5. The van der Waals surface area contributed by atoms with Crippen molar-refractivity contribution in [3.8, 4) is 0 Å². The van der Waals surface area contributed by atoms with E-state index in [2.05, 4.69) is 4.98 Å². The molecule has 2 atom stereocenters. The van der Waals surface area contributed by atoms with E-state index < -0.39 is 0 Å². The number of carbonyl (C=O) groups excluding carboxylic acids is 1. The number of hydrogen-bond donors (Lipinski definition) is 1. The molecule has 0 aromatic carbocycles. The summed E-state index contributed by atoms with van der Waals surface area (Å²) < 4.78 is 4.70. The van der Waals surface area contributed by atoms with Crippen LogP contribution in [0.2, 0.25) is 0 Å². The van der Waals surface area contributed by atoms with Gasteiger partial charge in [-0.05, 0) is 12.1 Å². The van der Waals surface area contributed by atoms with E-state index in [0.717, 1.165) is 5.03 Å². The number of nitrogens with zero attached hydrogens (tertiary/aromatic N) is 1. The van der Waals surface area contributed by atoms with Crippen molar-refractivity contribution in [3.05, 3.63) is 18.3 Å². The highest BCUT2D eigenvalue weighted by Gasteiger charge is 2.22. The number of nitrogens with two attached hydrogens (primary N) is 1. The molecule has 0 spiro atoms. The molecule has 1 aromatic heterocycles. The third kappa shape index (κ3) is 3.13. The Hall–Kier alpha value is -1.23. The zero-order chi connectivity index (χ0) is 12.1. The van der Waals surface area contributed by atoms with Crippen LogP contribution in [-0.4, -0.2) is 23.3 Å². The van der Waals surface area contributed by atoms with Gasteiger partial charge in [-0.1, -0.05) is 13.8 Å². The molecular weight excluding hydrogens is 224 g/mol. The highest BCUT2D eigenvalue weighted by molar-refractivity contribution is 8.00. The van der Waals surface area contributed by atoms with Crippen LogP contribution in [0.1, 0.15) is 13.8 Å². The Labute approximate surface area is 99.6 Å². The summed E-state index contributed by atoms with van der Waals surface area (Å²) in [5.41, 5.74) is 6.41. The van der Waals surface area contributed by atoms with E-state index >= 15 is 0 Å². The van der Waals surface area contributed by atoms with Gasteiger partial charge >= 0.3 is 5.97 Å². The first-order valence-electron chi connectivity index (χ1n) is 5.01. The minimum Gasteiger partial charge on any atom is -0.469 e. The Morgan fingerprint density at radius 2 is 2.25 bits per heavy atom. The molecule has 0 amide bonds. The monoisotopic (exact) mass is 240 g/mol. The Morgan fingerprint density at radius 1 is 1.56 bits per heavy atom.